The molecule has 132 valence electrons. The maximum Gasteiger partial charge on any atom is 0.230 e. The Morgan fingerprint density at radius 1 is 1.28 bits per heavy atom. The van der Waals surface area contributed by atoms with Gasteiger partial charge in [-0.3, -0.25) is 9.69 Å². The minimum Gasteiger partial charge on any atom is -0.351 e. The molecule has 0 bridgehead atoms. The number of hydrogen-bond donors (Lipinski definition) is 1. The van der Waals surface area contributed by atoms with Crippen LogP contribution in [0.15, 0.2) is 41.8 Å². The van der Waals surface area contributed by atoms with Crippen molar-refractivity contribution >= 4 is 17.2 Å². The molecule has 3 nitrogen and oxygen atoms in total. The van der Waals surface area contributed by atoms with Crippen LogP contribution in [0, 0.1) is 5.82 Å². The number of likely N-dealkylation sites (tertiary alicyclic amines) is 1. The summed E-state index contributed by atoms with van der Waals surface area (Å²) in [6.07, 6.45) is 3.86. The third-order valence-corrected chi connectivity index (χ3v) is 6.24. The number of halogens is 1. The largest absolute Gasteiger partial charge is 0.351 e. The van der Waals surface area contributed by atoms with Crippen molar-refractivity contribution in [2.75, 3.05) is 13.1 Å². The Bertz CT molecular complexity index is 725. The monoisotopic (exact) mass is 358 g/mol. The van der Waals surface area contributed by atoms with Gasteiger partial charge in [0.2, 0.25) is 5.91 Å². The average molecular weight is 358 g/mol. The Hall–Kier alpha value is -1.72. The van der Waals surface area contributed by atoms with Crippen molar-refractivity contribution in [3.63, 3.8) is 0 Å². The molecule has 1 aromatic carbocycles. The van der Waals surface area contributed by atoms with Crippen molar-refractivity contribution in [1.29, 1.82) is 0 Å². The molecule has 1 N–H and O–H groups in total. The number of carbonyl (C=O) groups excluding carboxylic acids is 1. The molecule has 1 aromatic heterocycles. The SMILES string of the molecule is O=C(N[C@@H]1CCCN(Cc2cccs2)C1)C1(c2ccc(F)cc2)CC1. The lowest BCUT2D eigenvalue weighted by molar-refractivity contribution is -0.124. The molecular weight excluding hydrogens is 335 g/mol. The first-order valence-corrected chi connectivity index (χ1v) is 9.85. The van der Waals surface area contributed by atoms with Crippen LogP contribution in [-0.4, -0.2) is 29.9 Å². The highest BCUT2D eigenvalue weighted by Gasteiger charge is 2.51. The number of carbonyl (C=O) groups is 1. The number of rotatable bonds is 5. The van der Waals surface area contributed by atoms with E-state index in [1.54, 1.807) is 23.5 Å². The number of piperidine rings is 1. The van der Waals surface area contributed by atoms with Crippen LogP contribution in [0.5, 0.6) is 0 Å². The van der Waals surface area contributed by atoms with Gasteiger partial charge in [-0.25, -0.2) is 4.39 Å². The predicted molar refractivity (Wildman–Crippen MR) is 98.1 cm³/mol. The highest BCUT2D eigenvalue weighted by molar-refractivity contribution is 7.09. The van der Waals surface area contributed by atoms with Crippen LogP contribution in [0.3, 0.4) is 0 Å². The van der Waals surface area contributed by atoms with E-state index < -0.39 is 5.41 Å². The zero-order chi connectivity index (χ0) is 17.3. The van der Waals surface area contributed by atoms with Crippen molar-refractivity contribution in [3.8, 4) is 0 Å². The summed E-state index contributed by atoms with van der Waals surface area (Å²) in [6.45, 7) is 2.96. The van der Waals surface area contributed by atoms with E-state index in [1.807, 2.05) is 0 Å². The van der Waals surface area contributed by atoms with E-state index in [1.165, 1.54) is 17.0 Å². The quantitative estimate of drug-likeness (QED) is 0.884. The van der Waals surface area contributed by atoms with Gasteiger partial charge in [0.1, 0.15) is 5.82 Å². The van der Waals surface area contributed by atoms with E-state index in [9.17, 15) is 9.18 Å². The molecule has 1 saturated heterocycles. The van der Waals surface area contributed by atoms with E-state index in [0.717, 1.165) is 50.9 Å². The summed E-state index contributed by atoms with van der Waals surface area (Å²) in [7, 11) is 0. The van der Waals surface area contributed by atoms with Gasteiger partial charge in [-0.1, -0.05) is 18.2 Å². The van der Waals surface area contributed by atoms with Crippen molar-refractivity contribution in [2.24, 2.45) is 0 Å². The van der Waals surface area contributed by atoms with Gasteiger partial charge in [0.05, 0.1) is 5.41 Å². The summed E-state index contributed by atoms with van der Waals surface area (Å²) in [5.41, 5.74) is 0.515. The number of thiophene rings is 1. The maximum atomic E-state index is 13.2. The molecule has 25 heavy (non-hydrogen) atoms. The Morgan fingerprint density at radius 2 is 2.08 bits per heavy atom. The normalized spacial score (nSPS) is 22.5. The lowest BCUT2D eigenvalue weighted by atomic mass is 9.94. The molecule has 2 fully saturated rings. The summed E-state index contributed by atoms with van der Waals surface area (Å²) < 4.78 is 13.2. The second kappa shape index (κ2) is 6.89. The van der Waals surface area contributed by atoms with Crippen LogP contribution in [-0.2, 0) is 16.8 Å². The smallest absolute Gasteiger partial charge is 0.230 e. The fraction of sp³-hybridized carbons (Fsp3) is 0.450. The molecule has 1 amide bonds. The van der Waals surface area contributed by atoms with Gasteiger partial charge >= 0.3 is 0 Å². The number of amides is 1. The minimum atomic E-state index is -0.427. The van der Waals surface area contributed by atoms with Gasteiger partial charge < -0.3 is 5.32 Å². The van der Waals surface area contributed by atoms with Gasteiger partial charge in [0, 0.05) is 24.0 Å². The lowest BCUT2D eigenvalue weighted by Crippen LogP contribution is -2.50. The van der Waals surface area contributed by atoms with Crippen LogP contribution < -0.4 is 5.32 Å². The molecule has 1 atom stereocenters. The molecule has 5 heteroatoms. The third-order valence-electron chi connectivity index (χ3n) is 5.38. The average Bonchev–Trinajstić information content (AvgIpc) is 3.27. The Morgan fingerprint density at radius 3 is 2.76 bits per heavy atom. The van der Waals surface area contributed by atoms with Crippen LogP contribution in [0.1, 0.15) is 36.1 Å². The molecule has 2 aromatic rings. The van der Waals surface area contributed by atoms with Crippen molar-refractivity contribution in [3.05, 3.63) is 58.0 Å². The molecule has 2 aliphatic rings. The first kappa shape index (κ1) is 16.7. The molecular formula is C20H23FN2OS. The van der Waals surface area contributed by atoms with Gasteiger partial charge in [0.25, 0.3) is 0 Å². The lowest BCUT2D eigenvalue weighted by Gasteiger charge is -2.33. The highest BCUT2D eigenvalue weighted by atomic mass is 32.1. The van der Waals surface area contributed by atoms with Crippen molar-refractivity contribution < 1.29 is 9.18 Å². The number of benzene rings is 1. The van der Waals surface area contributed by atoms with Gasteiger partial charge in [-0.2, -0.15) is 0 Å². The molecule has 4 rings (SSSR count). The second-order valence-electron chi connectivity index (χ2n) is 7.22. The summed E-state index contributed by atoms with van der Waals surface area (Å²) in [5, 5.41) is 5.38. The summed E-state index contributed by atoms with van der Waals surface area (Å²) in [5.74, 6) is -0.140. The van der Waals surface area contributed by atoms with Crippen molar-refractivity contribution in [1.82, 2.24) is 10.2 Å². The van der Waals surface area contributed by atoms with Crippen LogP contribution in [0.25, 0.3) is 0 Å². The van der Waals surface area contributed by atoms with Crippen LogP contribution in [0.4, 0.5) is 4.39 Å². The van der Waals surface area contributed by atoms with Crippen LogP contribution >= 0.6 is 11.3 Å². The minimum absolute atomic E-state index is 0.113. The number of hydrogen-bond acceptors (Lipinski definition) is 3. The zero-order valence-corrected chi connectivity index (χ0v) is 15.0. The summed E-state index contributed by atoms with van der Waals surface area (Å²) in [6, 6.07) is 10.9. The molecule has 2 heterocycles. The zero-order valence-electron chi connectivity index (χ0n) is 14.2. The summed E-state index contributed by atoms with van der Waals surface area (Å²) in [4.78, 5) is 16.7. The van der Waals surface area contributed by atoms with E-state index in [0.29, 0.717) is 0 Å². The first-order valence-electron chi connectivity index (χ1n) is 8.97. The fourth-order valence-electron chi connectivity index (χ4n) is 3.80. The number of nitrogens with zero attached hydrogens (tertiary/aromatic N) is 1. The molecule has 1 aliphatic heterocycles. The topological polar surface area (TPSA) is 32.3 Å². The van der Waals surface area contributed by atoms with Gasteiger partial charge in [-0.15, -0.1) is 11.3 Å². The molecule has 0 unspecified atom stereocenters. The van der Waals surface area contributed by atoms with Crippen LogP contribution in [0.2, 0.25) is 0 Å². The third kappa shape index (κ3) is 3.62. The standard InChI is InChI=1S/C20H23FN2OS/c21-16-7-5-15(6-8-16)20(9-10-20)19(24)22-17-3-1-11-23(13-17)14-18-4-2-12-25-18/h2,4-8,12,17H,1,3,9-11,13-14H2,(H,22,24)/t17-/m1/s1. The van der Waals surface area contributed by atoms with E-state index in [2.05, 4.69) is 27.7 Å². The molecule has 0 spiro atoms. The second-order valence-corrected chi connectivity index (χ2v) is 8.25. The molecule has 1 aliphatic carbocycles. The van der Waals surface area contributed by atoms with Crippen molar-refractivity contribution in [2.45, 2.75) is 43.7 Å². The first-order chi connectivity index (χ1) is 12.2. The van der Waals surface area contributed by atoms with E-state index >= 15 is 0 Å². The summed E-state index contributed by atoms with van der Waals surface area (Å²) >= 11 is 1.78. The Balaban J connectivity index is 1.38. The molecule has 0 radical (unpaired) electrons. The van der Waals surface area contributed by atoms with Gasteiger partial charge in [-0.05, 0) is 61.4 Å². The molecule has 1 saturated carbocycles. The Labute approximate surface area is 151 Å². The number of nitrogens with one attached hydrogen (secondary N) is 1. The predicted octanol–water partition coefficient (Wildman–Crippen LogP) is 3.70. The Kier molecular flexibility index (Phi) is 4.61. The highest BCUT2D eigenvalue weighted by Crippen LogP contribution is 2.48. The fourth-order valence-corrected chi connectivity index (χ4v) is 4.55. The van der Waals surface area contributed by atoms with Gasteiger partial charge in [0.15, 0.2) is 0 Å². The maximum absolute atomic E-state index is 13.2. The van der Waals surface area contributed by atoms with E-state index in [4.69, 9.17) is 0 Å². The van der Waals surface area contributed by atoms with E-state index in [-0.39, 0.29) is 17.8 Å².